The Hall–Kier alpha value is -0.970. The Morgan fingerprint density at radius 2 is 2.17 bits per heavy atom. The van der Waals surface area contributed by atoms with Gasteiger partial charge in [-0.05, 0) is 36.9 Å². The fourth-order valence-corrected chi connectivity index (χ4v) is 3.39. The SMILES string of the molecule is CCN(CC1CCN(C(=NCC(C)C)NCCc2ccco2)C1)CC(F)(F)F.I. The van der Waals surface area contributed by atoms with E-state index in [0.717, 1.165) is 44.2 Å². The molecule has 0 amide bonds. The van der Waals surface area contributed by atoms with Crippen molar-refractivity contribution in [3.05, 3.63) is 24.2 Å². The number of guanidine groups is 1. The molecule has 1 aliphatic heterocycles. The Morgan fingerprint density at radius 3 is 2.76 bits per heavy atom. The standard InChI is InChI=1S/C20H33F3N4O.HI/c1-4-26(15-20(21,22)23)13-17-8-10-27(14-17)19(25-12-16(2)3)24-9-7-18-6-5-11-28-18;/h5-6,11,16-17H,4,7-10,12-15H2,1-3H3,(H,24,25);1H. The van der Waals surface area contributed by atoms with Crippen molar-refractivity contribution in [2.75, 3.05) is 45.8 Å². The minimum absolute atomic E-state index is 0. The lowest BCUT2D eigenvalue weighted by Crippen LogP contribution is -2.42. The van der Waals surface area contributed by atoms with E-state index in [1.165, 1.54) is 4.90 Å². The van der Waals surface area contributed by atoms with E-state index < -0.39 is 12.7 Å². The minimum atomic E-state index is -4.15. The van der Waals surface area contributed by atoms with Gasteiger partial charge in [0.2, 0.25) is 0 Å². The fourth-order valence-electron chi connectivity index (χ4n) is 3.39. The number of halogens is 4. The molecule has 0 radical (unpaired) electrons. The molecular formula is C20H34F3IN4O. The average Bonchev–Trinajstić information content (AvgIpc) is 3.27. The number of hydrogen-bond donors (Lipinski definition) is 1. The third kappa shape index (κ3) is 10.1. The highest BCUT2D eigenvalue weighted by atomic mass is 127. The van der Waals surface area contributed by atoms with E-state index in [-0.39, 0.29) is 29.9 Å². The van der Waals surface area contributed by atoms with Crippen LogP contribution >= 0.6 is 24.0 Å². The van der Waals surface area contributed by atoms with Crippen LogP contribution in [0.5, 0.6) is 0 Å². The summed E-state index contributed by atoms with van der Waals surface area (Å²) in [6.45, 7) is 9.04. The number of rotatable bonds is 9. The van der Waals surface area contributed by atoms with Gasteiger partial charge in [0.25, 0.3) is 0 Å². The maximum Gasteiger partial charge on any atom is 0.401 e. The van der Waals surface area contributed by atoms with Gasteiger partial charge in [0.15, 0.2) is 5.96 Å². The molecular weight excluding hydrogens is 496 g/mol. The van der Waals surface area contributed by atoms with Gasteiger partial charge in [-0.15, -0.1) is 24.0 Å². The van der Waals surface area contributed by atoms with Crippen molar-refractivity contribution in [1.29, 1.82) is 0 Å². The van der Waals surface area contributed by atoms with Crippen molar-refractivity contribution < 1.29 is 17.6 Å². The highest BCUT2D eigenvalue weighted by molar-refractivity contribution is 14.0. The summed E-state index contributed by atoms with van der Waals surface area (Å²) in [7, 11) is 0. The van der Waals surface area contributed by atoms with Crippen LogP contribution in [-0.2, 0) is 6.42 Å². The normalized spacial score (nSPS) is 17.9. The van der Waals surface area contributed by atoms with E-state index in [0.29, 0.717) is 25.6 Å². The first-order valence-corrected chi connectivity index (χ1v) is 10.1. The Balaban J connectivity index is 0.00000420. The predicted molar refractivity (Wildman–Crippen MR) is 121 cm³/mol. The third-order valence-electron chi connectivity index (χ3n) is 4.79. The van der Waals surface area contributed by atoms with Crippen LogP contribution in [0.1, 0.15) is 33.0 Å². The number of hydrogen-bond acceptors (Lipinski definition) is 3. The van der Waals surface area contributed by atoms with E-state index in [1.807, 2.05) is 12.1 Å². The summed E-state index contributed by atoms with van der Waals surface area (Å²) in [5.41, 5.74) is 0. The molecule has 0 aromatic carbocycles. The summed E-state index contributed by atoms with van der Waals surface area (Å²) in [6, 6.07) is 3.81. The van der Waals surface area contributed by atoms with E-state index in [2.05, 4.69) is 24.1 Å². The van der Waals surface area contributed by atoms with Crippen molar-refractivity contribution in [3.8, 4) is 0 Å². The first kappa shape index (κ1) is 26.1. The summed E-state index contributed by atoms with van der Waals surface area (Å²) < 4.78 is 43.5. The van der Waals surface area contributed by atoms with Crippen molar-refractivity contribution in [3.63, 3.8) is 0 Å². The van der Waals surface area contributed by atoms with Crippen LogP contribution in [0, 0.1) is 11.8 Å². The summed E-state index contributed by atoms with van der Waals surface area (Å²) >= 11 is 0. The van der Waals surface area contributed by atoms with Crippen LogP contribution in [0.2, 0.25) is 0 Å². The second-order valence-electron chi connectivity index (χ2n) is 7.86. The Morgan fingerprint density at radius 1 is 1.41 bits per heavy atom. The van der Waals surface area contributed by atoms with Crippen LogP contribution in [-0.4, -0.2) is 67.7 Å². The minimum Gasteiger partial charge on any atom is -0.469 e. The molecule has 0 aliphatic carbocycles. The molecule has 2 heterocycles. The molecule has 1 aromatic heterocycles. The quantitative estimate of drug-likeness (QED) is 0.295. The van der Waals surface area contributed by atoms with E-state index in [1.54, 1.807) is 13.2 Å². The smallest absolute Gasteiger partial charge is 0.401 e. The molecule has 0 saturated carbocycles. The first-order chi connectivity index (χ1) is 13.3. The second kappa shape index (κ2) is 12.7. The second-order valence-corrected chi connectivity index (χ2v) is 7.86. The molecule has 5 nitrogen and oxygen atoms in total. The zero-order chi connectivity index (χ0) is 20.6. The van der Waals surface area contributed by atoms with E-state index >= 15 is 0 Å². The Kier molecular flexibility index (Phi) is 11.4. The van der Waals surface area contributed by atoms with Crippen LogP contribution in [0.15, 0.2) is 27.8 Å². The maximum atomic E-state index is 12.7. The number of furan rings is 1. The topological polar surface area (TPSA) is 44.0 Å². The predicted octanol–water partition coefficient (Wildman–Crippen LogP) is 4.25. The number of likely N-dealkylation sites (tertiary alicyclic amines) is 1. The van der Waals surface area contributed by atoms with Gasteiger partial charge in [-0.25, -0.2) is 0 Å². The van der Waals surface area contributed by atoms with Gasteiger partial charge in [0.1, 0.15) is 5.76 Å². The van der Waals surface area contributed by atoms with Gasteiger partial charge in [0, 0.05) is 39.1 Å². The van der Waals surface area contributed by atoms with Gasteiger partial charge in [-0.3, -0.25) is 9.89 Å². The van der Waals surface area contributed by atoms with E-state index in [4.69, 9.17) is 9.41 Å². The van der Waals surface area contributed by atoms with Crippen molar-refractivity contribution >= 4 is 29.9 Å². The van der Waals surface area contributed by atoms with Crippen LogP contribution in [0.3, 0.4) is 0 Å². The van der Waals surface area contributed by atoms with Crippen molar-refractivity contribution in [1.82, 2.24) is 15.1 Å². The van der Waals surface area contributed by atoms with E-state index in [9.17, 15) is 13.2 Å². The molecule has 1 N–H and O–H groups in total. The summed E-state index contributed by atoms with van der Waals surface area (Å²) in [6.07, 6.45) is -0.838. The molecule has 1 aliphatic rings. The Labute approximate surface area is 189 Å². The fraction of sp³-hybridized carbons (Fsp3) is 0.750. The summed E-state index contributed by atoms with van der Waals surface area (Å²) in [5, 5.41) is 3.40. The highest BCUT2D eigenvalue weighted by Gasteiger charge is 2.33. The lowest BCUT2D eigenvalue weighted by molar-refractivity contribution is -0.146. The van der Waals surface area contributed by atoms with Crippen molar-refractivity contribution in [2.45, 2.75) is 39.8 Å². The number of nitrogens with one attached hydrogen (secondary N) is 1. The number of nitrogens with zero attached hydrogens (tertiary/aromatic N) is 3. The molecule has 1 aromatic rings. The molecule has 1 unspecified atom stereocenters. The zero-order valence-corrected chi connectivity index (χ0v) is 19.9. The summed E-state index contributed by atoms with van der Waals surface area (Å²) in [5.74, 6) is 2.43. The van der Waals surface area contributed by atoms with Gasteiger partial charge in [-0.2, -0.15) is 13.2 Å². The average molecular weight is 530 g/mol. The van der Waals surface area contributed by atoms with Crippen molar-refractivity contribution in [2.24, 2.45) is 16.8 Å². The molecule has 1 saturated heterocycles. The molecule has 168 valence electrons. The molecule has 1 fully saturated rings. The lowest BCUT2D eigenvalue weighted by Gasteiger charge is -2.26. The van der Waals surface area contributed by atoms with Crippen LogP contribution < -0.4 is 5.32 Å². The van der Waals surface area contributed by atoms with Gasteiger partial charge in [0.05, 0.1) is 12.8 Å². The molecule has 1 atom stereocenters. The van der Waals surface area contributed by atoms with Gasteiger partial charge >= 0.3 is 6.18 Å². The van der Waals surface area contributed by atoms with Crippen LogP contribution in [0.25, 0.3) is 0 Å². The highest BCUT2D eigenvalue weighted by Crippen LogP contribution is 2.21. The number of alkyl halides is 3. The molecule has 29 heavy (non-hydrogen) atoms. The maximum absolute atomic E-state index is 12.7. The Bertz CT molecular complexity index is 593. The molecule has 0 spiro atoms. The monoisotopic (exact) mass is 530 g/mol. The summed E-state index contributed by atoms with van der Waals surface area (Å²) in [4.78, 5) is 8.39. The number of aliphatic imine (C=N–C) groups is 1. The lowest BCUT2D eigenvalue weighted by atomic mass is 10.1. The third-order valence-corrected chi connectivity index (χ3v) is 4.79. The first-order valence-electron chi connectivity index (χ1n) is 10.1. The molecule has 2 rings (SSSR count). The van der Waals surface area contributed by atoms with Gasteiger partial charge in [-0.1, -0.05) is 20.8 Å². The van der Waals surface area contributed by atoms with Gasteiger partial charge < -0.3 is 14.6 Å². The largest absolute Gasteiger partial charge is 0.469 e. The zero-order valence-electron chi connectivity index (χ0n) is 17.5. The van der Waals surface area contributed by atoms with Crippen LogP contribution in [0.4, 0.5) is 13.2 Å². The molecule has 9 heteroatoms. The molecule has 0 bridgehead atoms.